The highest BCUT2D eigenvalue weighted by Gasteiger charge is 2.18. The van der Waals surface area contributed by atoms with Crippen LogP contribution in [-0.4, -0.2) is 21.8 Å². The molecule has 6 nitrogen and oxygen atoms in total. The van der Waals surface area contributed by atoms with Gasteiger partial charge in [-0.1, -0.05) is 41.9 Å². The normalized spacial score (nSPS) is 10.8. The van der Waals surface area contributed by atoms with Crippen LogP contribution in [0, 0.1) is 6.92 Å². The number of carbonyl (C=O) groups is 2. The van der Waals surface area contributed by atoms with Gasteiger partial charge in [0.25, 0.3) is 11.8 Å². The molecule has 2 aromatic heterocycles. The zero-order valence-corrected chi connectivity index (χ0v) is 16.3. The molecule has 0 fully saturated rings. The monoisotopic (exact) mass is 410 g/mol. The number of nitrogens with one attached hydrogen (secondary N) is 3. The molecule has 2 heterocycles. The van der Waals surface area contributed by atoms with Crippen molar-refractivity contribution in [1.29, 1.82) is 0 Å². The summed E-state index contributed by atoms with van der Waals surface area (Å²) in [6, 6.07) is 14.7. The van der Waals surface area contributed by atoms with E-state index in [0.717, 1.165) is 16.5 Å². The van der Waals surface area contributed by atoms with E-state index in [4.69, 9.17) is 11.6 Å². The summed E-state index contributed by atoms with van der Waals surface area (Å²) in [6.45, 7) is 1.76. The van der Waals surface area contributed by atoms with Gasteiger partial charge in [-0.3, -0.25) is 20.4 Å². The number of amides is 2. The molecule has 4 aromatic rings. The van der Waals surface area contributed by atoms with Gasteiger partial charge in [0.1, 0.15) is 9.88 Å². The number of carbonyl (C=O) groups excluding carboxylic acids is 2. The van der Waals surface area contributed by atoms with E-state index in [-0.39, 0.29) is 0 Å². The second-order valence-electron chi connectivity index (χ2n) is 6.10. The van der Waals surface area contributed by atoms with E-state index in [0.29, 0.717) is 26.2 Å². The third-order valence-electron chi connectivity index (χ3n) is 4.22. The average molecular weight is 411 g/mol. The van der Waals surface area contributed by atoms with Crippen molar-refractivity contribution in [2.45, 2.75) is 6.92 Å². The Hall–Kier alpha value is -3.16. The Morgan fingerprint density at radius 2 is 1.75 bits per heavy atom. The summed E-state index contributed by atoms with van der Waals surface area (Å²) in [4.78, 5) is 32.9. The number of rotatable bonds is 3. The molecule has 28 heavy (non-hydrogen) atoms. The molecule has 0 unspecified atom stereocenters. The first-order chi connectivity index (χ1) is 13.5. The Bertz CT molecular complexity index is 1180. The fourth-order valence-corrected chi connectivity index (χ4v) is 3.91. The van der Waals surface area contributed by atoms with Crippen molar-refractivity contribution in [3.63, 3.8) is 0 Å². The largest absolute Gasteiger partial charge is 0.360 e. The summed E-state index contributed by atoms with van der Waals surface area (Å²) in [5.74, 6) is -0.811. The number of hydrogen-bond acceptors (Lipinski definition) is 4. The molecule has 0 spiro atoms. The van der Waals surface area contributed by atoms with Crippen molar-refractivity contribution in [3.05, 3.63) is 75.9 Å². The van der Waals surface area contributed by atoms with E-state index in [1.54, 1.807) is 25.3 Å². The molecule has 0 bridgehead atoms. The standard InChI is InChI=1S/C20H15ClN4O2S/c1-11-17(28-20(23-11)12-6-8-13(21)9-7-12)19(27)25-24-18(26)15-10-22-16-5-3-2-4-14(15)16/h2-10,22H,1H3,(H,24,26)(H,25,27). The lowest BCUT2D eigenvalue weighted by atomic mass is 10.2. The second-order valence-corrected chi connectivity index (χ2v) is 7.53. The van der Waals surface area contributed by atoms with Crippen molar-refractivity contribution in [2.24, 2.45) is 0 Å². The molecule has 0 aliphatic carbocycles. The lowest BCUT2D eigenvalue weighted by molar-refractivity contribution is 0.0849. The number of para-hydroxylation sites is 1. The number of aromatic amines is 1. The maximum atomic E-state index is 12.5. The minimum atomic E-state index is -0.414. The van der Waals surface area contributed by atoms with Crippen LogP contribution in [0.4, 0.5) is 0 Å². The predicted molar refractivity (Wildman–Crippen MR) is 111 cm³/mol. The maximum absolute atomic E-state index is 12.5. The van der Waals surface area contributed by atoms with E-state index in [1.807, 2.05) is 36.4 Å². The Morgan fingerprint density at radius 1 is 1.04 bits per heavy atom. The highest BCUT2D eigenvalue weighted by Crippen LogP contribution is 2.28. The molecular formula is C20H15ClN4O2S. The van der Waals surface area contributed by atoms with Crippen LogP contribution in [0.2, 0.25) is 5.02 Å². The SMILES string of the molecule is Cc1nc(-c2ccc(Cl)cc2)sc1C(=O)NNC(=O)c1c[nH]c2ccccc12. The molecule has 0 saturated heterocycles. The number of H-pyrrole nitrogens is 1. The minimum Gasteiger partial charge on any atom is -0.360 e. The van der Waals surface area contributed by atoms with E-state index in [1.165, 1.54) is 11.3 Å². The maximum Gasteiger partial charge on any atom is 0.281 e. The van der Waals surface area contributed by atoms with E-state index >= 15 is 0 Å². The van der Waals surface area contributed by atoms with Crippen LogP contribution in [0.5, 0.6) is 0 Å². The van der Waals surface area contributed by atoms with Crippen LogP contribution in [0.25, 0.3) is 21.5 Å². The molecule has 2 amide bonds. The van der Waals surface area contributed by atoms with Gasteiger partial charge in [-0.25, -0.2) is 4.98 Å². The Labute approximate surface area is 169 Å². The zero-order chi connectivity index (χ0) is 19.7. The second kappa shape index (κ2) is 7.46. The molecule has 8 heteroatoms. The summed E-state index contributed by atoms with van der Waals surface area (Å²) >= 11 is 7.17. The summed E-state index contributed by atoms with van der Waals surface area (Å²) < 4.78 is 0. The van der Waals surface area contributed by atoms with Gasteiger partial charge < -0.3 is 4.98 Å². The van der Waals surface area contributed by atoms with E-state index in [2.05, 4.69) is 20.8 Å². The van der Waals surface area contributed by atoms with Gasteiger partial charge in [0, 0.05) is 27.7 Å². The van der Waals surface area contributed by atoms with Crippen LogP contribution in [0.3, 0.4) is 0 Å². The van der Waals surface area contributed by atoms with Gasteiger partial charge in [-0.05, 0) is 25.1 Å². The highest BCUT2D eigenvalue weighted by atomic mass is 35.5. The van der Waals surface area contributed by atoms with Gasteiger partial charge in [0.15, 0.2) is 0 Å². The van der Waals surface area contributed by atoms with Crippen LogP contribution in [0.1, 0.15) is 25.7 Å². The summed E-state index contributed by atoms with van der Waals surface area (Å²) in [5, 5.41) is 2.13. The van der Waals surface area contributed by atoms with Gasteiger partial charge in [-0.2, -0.15) is 0 Å². The first-order valence-corrected chi connectivity index (χ1v) is 9.62. The number of hydrogen-bond donors (Lipinski definition) is 3. The van der Waals surface area contributed by atoms with Crippen molar-refractivity contribution in [2.75, 3.05) is 0 Å². The van der Waals surface area contributed by atoms with E-state index < -0.39 is 11.8 Å². The molecular weight excluding hydrogens is 396 g/mol. The number of thiazole rings is 1. The molecule has 2 aromatic carbocycles. The van der Waals surface area contributed by atoms with Crippen molar-refractivity contribution in [3.8, 4) is 10.6 Å². The molecule has 140 valence electrons. The Kier molecular flexibility index (Phi) is 4.85. The number of aryl methyl sites for hydroxylation is 1. The first kappa shape index (κ1) is 18.2. The van der Waals surface area contributed by atoms with Gasteiger partial charge >= 0.3 is 0 Å². The van der Waals surface area contributed by atoms with Gasteiger partial charge in [-0.15, -0.1) is 11.3 Å². The molecule has 3 N–H and O–H groups in total. The number of fused-ring (bicyclic) bond motifs is 1. The molecule has 0 aliphatic heterocycles. The molecule has 4 rings (SSSR count). The summed E-state index contributed by atoms with van der Waals surface area (Å²) in [7, 11) is 0. The van der Waals surface area contributed by atoms with Gasteiger partial charge in [0.2, 0.25) is 0 Å². The van der Waals surface area contributed by atoms with Gasteiger partial charge in [0.05, 0.1) is 11.3 Å². The zero-order valence-electron chi connectivity index (χ0n) is 14.7. The van der Waals surface area contributed by atoms with E-state index in [9.17, 15) is 9.59 Å². The predicted octanol–water partition coefficient (Wildman–Crippen LogP) is 4.33. The number of nitrogens with zero attached hydrogens (tertiary/aromatic N) is 1. The van der Waals surface area contributed by atoms with Crippen molar-refractivity contribution >= 4 is 45.7 Å². The lowest BCUT2D eigenvalue weighted by Crippen LogP contribution is -2.41. The number of benzene rings is 2. The van der Waals surface area contributed by atoms with Crippen LogP contribution in [-0.2, 0) is 0 Å². The van der Waals surface area contributed by atoms with Crippen molar-refractivity contribution in [1.82, 2.24) is 20.8 Å². The smallest absolute Gasteiger partial charge is 0.281 e. The summed E-state index contributed by atoms with van der Waals surface area (Å²) in [5.41, 5.74) is 7.70. The molecule has 0 radical (unpaired) electrons. The number of halogens is 1. The quantitative estimate of drug-likeness (QED) is 0.439. The topological polar surface area (TPSA) is 86.9 Å². The number of hydrazine groups is 1. The summed E-state index contributed by atoms with van der Waals surface area (Å²) in [6.07, 6.45) is 1.61. The van der Waals surface area contributed by atoms with Crippen molar-refractivity contribution < 1.29 is 9.59 Å². The van der Waals surface area contributed by atoms with Crippen LogP contribution >= 0.6 is 22.9 Å². The Morgan fingerprint density at radius 3 is 2.54 bits per heavy atom. The third kappa shape index (κ3) is 3.49. The third-order valence-corrected chi connectivity index (χ3v) is 5.67. The molecule has 0 aliphatic rings. The highest BCUT2D eigenvalue weighted by molar-refractivity contribution is 7.17. The minimum absolute atomic E-state index is 0.397. The lowest BCUT2D eigenvalue weighted by Gasteiger charge is -2.05. The van der Waals surface area contributed by atoms with Crippen LogP contribution in [0.15, 0.2) is 54.7 Å². The van der Waals surface area contributed by atoms with Crippen LogP contribution < -0.4 is 10.9 Å². The fraction of sp³-hybridized carbons (Fsp3) is 0.0500. The average Bonchev–Trinajstić information content (AvgIpc) is 3.30. The first-order valence-electron chi connectivity index (χ1n) is 8.43. The fourth-order valence-electron chi connectivity index (χ4n) is 2.82. The molecule has 0 atom stereocenters. The number of aromatic nitrogens is 2. The Balaban J connectivity index is 1.48. The molecule has 0 saturated carbocycles.